The molecule has 4 nitrogen and oxygen atoms in total. The highest BCUT2D eigenvalue weighted by atomic mass is 79.9. The van der Waals surface area contributed by atoms with Gasteiger partial charge in [0.2, 0.25) is 0 Å². The van der Waals surface area contributed by atoms with Gasteiger partial charge in [-0.15, -0.1) is 0 Å². The average molecular weight is 438 g/mol. The number of carbonyl (C=O) groups is 1. The highest BCUT2D eigenvalue weighted by molar-refractivity contribution is 9.10. The molecule has 0 aliphatic carbocycles. The minimum Gasteiger partial charge on any atom is -0.470 e. The van der Waals surface area contributed by atoms with E-state index in [0.717, 1.165) is 15.6 Å². The summed E-state index contributed by atoms with van der Waals surface area (Å²) in [5, 5.41) is 10.7. The number of nitrogens with zero attached hydrogens (tertiary/aromatic N) is 1. The van der Waals surface area contributed by atoms with E-state index in [1.807, 2.05) is 66.7 Å². The van der Waals surface area contributed by atoms with Crippen molar-refractivity contribution in [3.8, 4) is 5.75 Å². The molecule has 3 aromatic carbocycles. The second-order valence-electron chi connectivity index (χ2n) is 6.79. The van der Waals surface area contributed by atoms with Crippen molar-refractivity contribution in [1.82, 2.24) is 4.90 Å². The lowest BCUT2D eigenvalue weighted by Gasteiger charge is -2.37. The van der Waals surface area contributed by atoms with Crippen LogP contribution in [0.15, 0.2) is 83.3 Å². The Hall–Kier alpha value is -2.63. The van der Waals surface area contributed by atoms with E-state index in [0.29, 0.717) is 24.3 Å². The van der Waals surface area contributed by atoms with Gasteiger partial charge in [0, 0.05) is 28.6 Å². The summed E-state index contributed by atoms with van der Waals surface area (Å²) in [6, 6.07) is 24.5. The molecule has 142 valence electrons. The van der Waals surface area contributed by atoms with Gasteiger partial charge in [-0.05, 0) is 35.9 Å². The third kappa shape index (κ3) is 3.96. The van der Waals surface area contributed by atoms with Gasteiger partial charge in [0.05, 0.1) is 6.10 Å². The number of halogens is 1. The summed E-state index contributed by atoms with van der Waals surface area (Å²) in [6.07, 6.45) is -0.945. The van der Waals surface area contributed by atoms with Gasteiger partial charge in [0.1, 0.15) is 5.75 Å². The molecule has 0 unspecified atom stereocenters. The molecule has 4 rings (SSSR count). The van der Waals surface area contributed by atoms with Gasteiger partial charge in [-0.1, -0.05) is 64.5 Å². The molecule has 5 heteroatoms. The molecule has 1 amide bonds. The third-order valence-corrected chi connectivity index (χ3v) is 5.34. The van der Waals surface area contributed by atoms with Gasteiger partial charge in [0.15, 0.2) is 6.23 Å². The number of ether oxygens (including phenoxy) is 1. The van der Waals surface area contributed by atoms with Gasteiger partial charge in [-0.2, -0.15) is 0 Å². The molecule has 0 radical (unpaired) electrons. The molecule has 1 heterocycles. The zero-order valence-electron chi connectivity index (χ0n) is 15.2. The van der Waals surface area contributed by atoms with Crippen molar-refractivity contribution in [3.05, 3.63) is 100 Å². The summed E-state index contributed by atoms with van der Waals surface area (Å²) in [6.45, 7) is 0.401. The van der Waals surface area contributed by atoms with Gasteiger partial charge in [0.25, 0.3) is 5.91 Å². The molecule has 0 aromatic heterocycles. The fourth-order valence-electron chi connectivity index (χ4n) is 3.42. The van der Waals surface area contributed by atoms with E-state index >= 15 is 0 Å². The maximum Gasteiger partial charge on any atom is 0.257 e. The van der Waals surface area contributed by atoms with Gasteiger partial charge in [-0.3, -0.25) is 9.69 Å². The summed E-state index contributed by atoms with van der Waals surface area (Å²) in [5.74, 6) is 0.480. The summed E-state index contributed by atoms with van der Waals surface area (Å²) in [7, 11) is 0. The Bertz CT molecular complexity index is 962. The standard InChI is InChI=1S/C23H20BrNO3/c24-18-11-12-21-19(13-18)20(26)14-22(28-21)25(15-16-7-3-1-4-8-16)23(27)17-9-5-2-6-10-17/h1-13,20,22,26H,14-15H2/t20-,22+/m1/s1. The molecule has 0 saturated carbocycles. The lowest BCUT2D eigenvalue weighted by atomic mass is 10.0. The molecule has 1 aliphatic rings. The molecule has 2 atom stereocenters. The number of fused-ring (bicyclic) bond motifs is 1. The van der Waals surface area contributed by atoms with Crippen LogP contribution < -0.4 is 4.74 Å². The third-order valence-electron chi connectivity index (χ3n) is 4.84. The van der Waals surface area contributed by atoms with Crippen molar-refractivity contribution in [3.63, 3.8) is 0 Å². The molecule has 0 spiro atoms. The lowest BCUT2D eigenvalue weighted by Crippen LogP contribution is -2.45. The van der Waals surface area contributed by atoms with E-state index in [1.54, 1.807) is 17.0 Å². The quantitative estimate of drug-likeness (QED) is 0.628. The molecule has 0 fully saturated rings. The van der Waals surface area contributed by atoms with Gasteiger partial charge >= 0.3 is 0 Å². The van der Waals surface area contributed by atoms with E-state index in [2.05, 4.69) is 15.9 Å². The van der Waals surface area contributed by atoms with E-state index in [-0.39, 0.29) is 5.91 Å². The van der Waals surface area contributed by atoms with Crippen molar-refractivity contribution in [2.45, 2.75) is 25.3 Å². The van der Waals surface area contributed by atoms with Crippen LogP contribution in [0.25, 0.3) is 0 Å². The molecule has 0 bridgehead atoms. The first-order valence-corrected chi connectivity index (χ1v) is 9.95. The molecule has 3 aromatic rings. The fraction of sp³-hybridized carbons (Fsp3) is 0.174. The summed E-state index contributed by atoms with van der Waals surface area (Å²) < 4.78 is 7.04. The predicted octanol–water partition coefficient (Wildman–Crippen LogP) is 4.93. The van der Waals surface area contributed by atoms with Gasteiger partial charge in [-0.25, -0.2) is 0 Å². The van der Waals surface area contributed by atoms with E-state index < -0.39 is 12.3 Å². The van der Waals surface area contributed by atoms with Crippen LogP contribution in [0.5, 0.6) is 5.75 Å². The van der Waals surface area contributed by atoms with Crippen LogP contribution in [0.2, 0.25) is 0 Å². The van der Waals surface area contributed by atoms with Crippen LogP contribution in [0.1, 0.15) is 34.0 Å². The Morgan fingerprint density at radius 2 is 1.71 bits per heavy atom. The van der Waals surface area contributed by atoms with Crippen LogP contribution in [0, 0.1) is 0 Å². The molecule has 0 saturated heterocycles. The van der Waals surface area contributed by atoms with E-state index in [4.69, 9.17) is 4.74 Å². The first-order chi connectivity index (χ1) is 13.6. The summed E-state index contributed by atoms with van der Waals surface area (Å²) in [4.78, 5) is 15.0. The Kier molecular flexibility index (Phi) is 5.46. The Balaban J connectivity index is 1.67. The van der Waals surface area contributed by atoms with Crippen molar-refractivity contribution in [1.29, 1.82) is 0 Å². The smallest absolute Gasteiger partial charge is 0.257 e. The number of aliphatic hydroxyl groups is 1. The highest BCUT2D eigenvalue weighted by Gasteiger charge is 2.34. The number of aliphatic hydroxyl groups excluding tert-OH is 1. The SMILES string of the molecule is O=C(c1ccccc1)N(Cc1ccccc1)[C@@H]1C[C@@H](O)c2cc(Br)ccc2O1. The molecule has 1 aliphatic heterocycles. The largest absolute Gasteiger partial charge is 0.470 e. The van der Waals surface area contributed by atoms with Crippen LogP contribution >= 0.6 is 15.9 Å². The van der Waals surface area contributed by atoms with Crippen LogP contribution in [0.4, 0.5) is 0 Å². The monoisotopic (exact) mass is 437 g/mol. The van der Waals surface area contributed by atoms with Crippen molar-refractivity contribution >= 4 is 21.8 Å². The zero-order chi connectivity index (χ0) is 19.5. The maximum atomic E-state index is 13.3. The fourth-order valence-corrected chi connectivity index (χ4v) is 3.80. The number of rotatable bonds is 4. The van der Waals surface area contributed by atoms with Crippen LogP contribution in [-0.2, 0) is 6.54 Å². The van der Waals surface area contributed by atoms with Crippen molar-refractivity contribution < 1.29 is 14.6 Å². The second kappa shape index (κ2) is 8.17. The first-order valence-electron chi connectivity index (χ1n) is 9.16. The Morgan fingerprint density at radius 3 is 2.43 bits per heavy atom. The van der Waals surface area contributed by atoms with Gasteiger partial charge < -0.3 is 9.84 Å². The normalized spacial score (nSPS) is 18.1. The van der Waals surface area contributed by atoms with E-state index in [1.165, 1.54) is 0 Å². The van der Waals surface area contributed by atoms with E-state index in [9.17, 15) is 9.90 Å². The predicted molar refractivity (Wildman–Crippen MR) is 111 cm³/mol. The van der Waals surface area contributed by atoms with Crippen LogP contribution in [-0.4, -0.2) is 22.1 Å². The summed E-state index contributed by atoms with van der Waals surface area (Å²) >= 11 is 3.43. The number of benzene rings is 3. The molecular formula is C23H20BrNO3. The average Bonchev–Trinajstić information content (AvgIpc) is 2.73. The van der Waals surface area contributed by atoms with Crippen LogP contribution in [0.3, 0.4) is 0 Å². The molecular weight excluding hydrogens is 418 g/mol. The topological polar surface area (TPSA) is 49.8 Å². The second-order valence-corrected chi connectivity index (χ2v) is 7.71. The first kappa shape index (κ1) is 18.7. The van der Waals surface area contributed by atoms with Crippen molar-refractivity contribution in [2.75, 3.05) is 0 Å². The zero-order valence-corrected chi connectivity index (χ0v) is 16.7. The highest BCUT2D eigenvalue weighted by Crippen LogP contribution is 2.38. The van der Waals surface area contributed by atoms with Crippen molar-refractivity contribution in [2.24, 2.45) is 0 Å². The maximum absolute atomic E-state index is 13.3. The Labute approximate surface area is 172 Å². The minimum absolute atomic E-state index is 0.123. The Morgan fingerprint density at radius 1 is 1.04 bits per heavy atom. The number of hydrogen-bond donors (Lipinski definition) is 1. The summed E-state index contributed by atoms with van der Waals surface area (Å²) in [5.41, 5.74) is 2.34. The number of carbonyl (C=O) groups excluding carboxylic acids is 1. The molecule has 28 heavy (non-hydrogen) atoms. The number of amides is 1. The molecule has 1 N–H and O–H groups in total. The minimum atomic E-state index is -0.701. The lowest BCUT2D eigenvalue weighted by molar-refractivity contribution is -0.0251. The number of hydrogen-bond acceptors (Lipinski definition) is 3.